The van der Waals surface area contributed by atoms with Crippen molar-refractivity contribution in [3.05, 3.63) is 29.8 Å². The average molecular weight is 260 g/mol. The van der Waals surface area contributed by atoms with E-state index >= 15 is 0 Å². The zero-order valence-electron chi connectivity index (χ0n) is 11.0. The van der Waals surface area contributed by atoms with Crippen LogP contribution in [0.25, 0.3) is 0 Å². The maximum absolute atomic E-state index is 12.5. The number of fused-ring (bicyclic) bond motifs is 1. The quantitative estimate of drug-likeness (QED) is 0.841. The minimum Gasteiger partial charge on any atom is -0.396 e. The number of nitrogens with zero attached hydrogens (tertiary/aromatic N) is 1. The molecule has 0 spiro atoms. The first kappa shape index (κ1) is 12.5. The second-order valence-corrected chi connectivity index (χ2v) is 5.51. The lowest BCUT2D eigenvalue weighted by molar-refractivity contribution is -0.133. The Hall–Kier alpha value is -1.55. The molecule has 1 saturated heterocycles. The van der Waals surface area contributed by atoms with Gasteiger partial charge < -0.3 is 15.3 Å². The first-order valence-electron chi connectivity index (χ1n) is 7.02. The number of nitrogens with one attached hydrogen (secondary N) is 1. The second-order valence-electron chi connectivity index (χ2n) is 5.51. The van der Waals surface area contributed by atoms with Crippen molar-refractivity contribution in [3.63, 3.8) is 0 Å². The summed E-state index contributed by atoms with van der Waals surface area (Å²) in [5.41, 5.74) is 2.32. The third kappa shape index (κ3) is 2.45. The molecule has 1 amide bonds. The van der Waals surface area contributed by atoms with Crippen LogP contribution < -0.4 is 5.32 Å². The van der Waals surface area contributed by atoms with Gasteiger partial charge in [-0.3, -0.25) is 4.79 Å². The SMILES string of the molecule is O=C([C@H]1Cc2ccccc2N1)N1CCC(CO)CC1. The summed E-state index contributed by atoms with van der Waals surface area (Å²) in [5, 5.41) is 12.4. The summed E-state index contributed by atoms with van der Waals surface area (Å²) in [6.07, 6.45) is 2.62. The Kier molecular flexibility index (Phi) is 3.42. The zero-order chi connectivity index (χ0) is 13.2. The van der Waals surface area contributed by atoms with Crippen LogP contribution in [0.3, 0.4) is 0 Å². The molecule has 0 bridgehead atoms. The van der Waals surface area contributed by atoms with Crippen molar-refractivity contribution in [2.45, 2.75) is 25.3 Å². The molecule has 2 aliphatic heterocycles. The minimum absolute atomic E-state index is 0.108. The van der Waals surface area contributed by atoms with E-state index in [1.54, 1.807) is 0 Å². The van der Waals surface area contributed by atoms with Crippen LogP contribution in [-0.2, 0) is 11.2 Å². The summed E-state index contributed by atoms with van der Waals surface area (Å²) in [5.74, 6) is 0.574. The van der Waals surface area contributed by atoms with E-state index in [9.17, 15) is 4.79 Å². The van der Waals surface area contributed by atoms with Gasteiger partial charge in [-0.1, -0.05) is 18.2 Å². The Morgan fingerprint density at radius 2 is 2.05 bits per heavy atom. The van der Waals surface area contributed by atoms with Gasteiger partial charge in [-0.2, -0.15) is 0 Å². The van der Waals surface area contributed by atoms with E-state index in [2.05, 4.69) is 11.4 Å². The number of carbonyl (C=O) groups excluding carboxylic acids is 1. The fourth-order valence-corrected chi connectivity index (χ4v) is 3.00. The number of aliphatic hydroxyl groups excluding tert-OH is 1. The standard InChI is InChI=1S/C15H20N2O2/c18-10-11-5-7-17(8-6-11)15(19)14-9-12-3-1-2-4-13(12)16-14/h1-4,11,14,16,18H,5-10H2/t14-/m1/s1. The molecule has 0 radical (unpaired) electrons. The van der Waals surface area contributed by atoms with E-state index < -0.39 is 0 Å². The van der Waals surface area contributed by atoms with Crippen LogP contribution in [0.1, 0.15) is 18.4 Å². The predicted octanol–water partition coefficient (Wildman–Crippen LogP) is 1.25. The maximum atomic E-state index is 12.5. The van der Waals surface area contributed by atoms with E-state index in [0.29, 0.717) is 5.92 Å². The number of piperidine rings is 1. The molecule has 4 heteroatoms. The Labute approximate surface area is 113 Å². The number of benzene rings is 1. The van der Waals surface area contributed by atoms with Gasteiger partial charge in [0.2, 0.25) is 5.91 Å². The molecule has 0 saturated carbocycles. The molecule has 2 N–H and O–H groups in total. The van der Waals surface area contributed by atoms with E-state index in [4.69, 9.17) is 5.11 Å². The van der Waals surface area contributed by atoms with Crippen LogP contribution in [-0.4, -0.2) is 41.7 Å². The van der Waals surface area contributed by atoms with Gasteiger partial charge in [0.05, 0.1) is 0 Å². The van der Waals surface area contributed by atoms with Gasteiger partial charge in [0.1, 0.15) is 6.04 Å². The number of aliphatic hydroxyl groups is 1. The van der Waals surface area contributed by atoms with Crippen molar-refractivity contribution in [2.24, 2.45) is 5.92 Å². The Morgan fingerprint density at radius 3 is 2.74 bits per heavy atom. The van der Waals surface area contributed by atoms with Crippen LogP contribution in [0.4, 0.5) is 5.69 Å². The summed E-state index contributed by atoms with van der Waals surface area (Å²) < 4.78 is 0. The van der Waals surface area contributed by atoms with E-state index in [1.807, 2.05) is 23.1 Å². The number of anilines is 1. The van der Waals surface area contributed by atoms with Crippen molar-refractivity contribution >= 4 is 11.6 Å². The van der Waals surface area contributed by atoms with Gasteiger partial charge in [0, 0.05) is 31.8 Å². The number of carbonyl (C=O) groups is 1. The lowest BCUT2D eigenvalue weighted by atomic mass is 9.97. The first-order chi connectivity index (χ1) is 9.28. The summed E-state index contributed by atoms with van der Waals surface area (Å²) in [4.78, 5) is 14.4. The van der Waals surface area contributed by atoms with Crippen LogP contribution in [0.15, 0.2) is 24.3 Å². The molecule has 1 fully saturated rings. The summed E-state index contributed by atoms with van der Waals surface area (Å²) in [7, 11) is 0. The van der Waals surface area contributed by atoms with E-state index in [0.717, 1.165) is 38.0 Å². The monoisotopic (exact) mass is 260 g/mol. The maximum Gasteiger partial charge on any atom is 0.245 e. The third-order valence-corrected chi connectivity index (χ3v) is 4.25. The molecule has 3 rings (SSSR count). The number of likely N-dealkylation sites (tertiary alicyclic amines) is 1. The van der Waals surface area contributed by atoms with Gasteiger partial charge in [-0.15, -0.1) is 0 Å². The molecule has 1 aromatic carbocycles. The highest BCUT2D eigenvalue weighted by Gasteiger charge is 2.31. The van der Waals surface area contributed by atoms with Crippen molar-refractivity contribution < 1.29 is 9.90 Å². The number of hydrogen-bond donors (Lipinski definition) is 2. The van der Waals surface area contributed by atoms with Crippen LogP contribution in [0.5, 0.6) is 0 Å². The Morgan fingerprint density at radius 1 is 1.32 bits per heavy atom. The van der Waals surface area contributed by atoms with Gasteiger partial charge in [-0.05, 0) is 30.4 Å². The molecule has 2 aliphatic rings. The van der Waals surface area contributed by atoms with Crippen molar-refractivity contribution in [2.75, 3.05) is 25.0 Å². The molecule has 0 aromatic heterocycles. The average Bonchev–Trinajstić information content (AvgIpc) is 2.90. The number of hydrogen-bond acceptors (Lipinski definition) is 3. The van der Waals surface area contributed by atoms with Gasteiger partial charge in [0.15, 0.2) is 0 Å². The largest absolute Gasteiger partial charge is 0.396 e. The number of amides is 1. The molecule has 1 atom stereocenters. The predicted molar refractivity (Wildman–Crippen MR) is 73.9 cm³/mol. The van der Waals surface area contributed by atoms with Gasteiger partial charge in [-0.25, -0.2) is 0 Å². The summed E-state index contributed by atoms with van der Waals surface area (Å²) in [6, 6.07) is 8.00. The molecule has 4 nitrogen and oxygen atoms in total. The van der Waals surface area contributed by atoms with Crippen LogP contribution >= 0.6 is 0 Å². The normalized spacial score (nSPS) is 23.0. The molecule has 0 aliphatic carbocycles. The number of para-hydroxylation sites is 1. The zero-order valence-corrected chi connectivity index (χ0v) is 11.0. The van der Waals surface area contributed by atoms with Crippen LogP contribution in [0, 0.1) is 5.92 Å². The highest BCUT2D eigenvalue weighted by atomic mass is 16.3. The van der Waals surface area contributed by atoms with Crippen molar-refractivity contribution in [3.8, 4) is 0 Å². The molecule has 19 heavy (non-hydrogen) atoms. The number of rotatable bonds is 2. The fraction of sp³-hybridized carbons (Fsp3) is 0.533. The van der Waals surface area contributed by atoms with Gasteiger partial charge >= 0.3 is 0 Å². The second kappa shape index (κ2) is 5.21. The van der Waals surface area contributed by atoms with Crippen molar-refractivity contribution in [1.82, 2.24) is 4.90 Å². The smallest absolute Gasteiger partial charge is 0.245 e. The van der Waals surface area contributed by atoms with Crippen molar-refractivity contribution in [1.29, 1.82) is 0 Å². The van der Waals surface area contributed by atoms with Gasteiger partial charge in [0.25, 0.3) is 0 Å². The third-order valence-electron chi connectivity index (χ3n) is 4.25. The molecular weight excluding hydrogens is 240 g/mol. The Bertz CT molecular complexity index is 442. The van der Waals surface area contributed by atoms with E-state index in [1.165, 1.54) is 5.56 Å². The lowest BCUT2D eigenvalue weighted by Gasteiger charge is -2.32. The molecule has 102 valence electrons. The fourth-order valence-electron chi connectivity index (χ4n) is 3.00. The minimum atomic E-state index is -0.108. The first-order valence-corrected chi connectivity index (χ1v) is 7.02. The lowest BCUT2D eigenvalue weighted by Crippen LogP contribution is -2.46. The molecular formula is C15H20N2O2. The highest BCUT2D eigenvalue weighted by Crippen LogP contribution is 2.27. The molecule has 1 aromatic rings. The van der Waals surface area contributed by atoms with Crippen LogP contribution in [0.2, 0.25) is 0 Å². The topological polar surface area (TPSA) is 52.6 Å². The van der Waals surface area contributed by atoms with E-state index in [-0.39, 0.29) is 18.6 Å². The highest BCUT2D eigenvalue weighted by molar-refractivity contribution is 5.87. The molecule has 0 unspecified atom stereocenters. The summed E-state index contributed by atoms with van der Waals surface area (Å²) >= 11 is 0. The Balaban J connectivity index is 1.61. The summed E-state index contributed by atoms with van der Waals surface area (Å²) in [6.45, 7) is 1.80. The molecule has 2 heterocycles.